The van der Waals surface area contributed by atoms with Crippen LogP contribution in [0.2, 0.25) is 0 Å². The average Bonchev–Trinajstić information content (AvgIpc) is 2.44. The summed E-state index contributed by atoms with van der Waals surface area (Å²) in [5, 5.41) is 14.0. The van der Waals surface area contributed by atoms with Crippen LogP contribution in [0.1, 0.15) is 18.4 Å². The van der Waals surface area contributed by atoms with E-state index in [9.17, 15) is 9.59 Å². The molecule has 106 valence electrons. The molecule has 0 aliphatic carbocycles. The first-order valence-corrected chi connectivity index (χ1v) is 6.38. The highest BCUT2D eigenvalue weighted by molar-refractivity contribution is 5.82. The summed E-state index contributed by atoms with van der Waals surface area (Å²) in [6.45, 7) is 0.327. The van der Waals surface area contributed by atoms with E-state index in [1.807, 2.05) is 30.3 Å². The maximum Gasteiger partial charge on any atom is 0.326 e. The molecule has 1 unspecified atom stereocenters. The molecule has 0 aromatic heterocycles. The van der Waals surface area contributed by atoms with E-state index in [1.54, 1.807) is 0 Å². The minimum Gasteiger partial charge on any atom is -0.480 e. The average molecular weight is 274 g/mol. The van der Waals surface area contributed by atoms with Crippen molar-refractivity contribution < 1.29 is 14.7 Å². The number of rotatable bonds is 7. The van der Waals surface area contributed by atoms with E-state index in [-0.39, 0.29) is 0 Å². The number of carbonyl (C=O) groups excluding carboxylic acids is 1. The van der Waals surface area contributed by atoms with Gasteiger partial charge >= 0.3 is 12.0 Å². The zero-order valence-corrected chi connectivity index (χ0v) is 11.1. The first-order valence-electron chi connectivity index (χ1n) is 6.38. The van der Waals surface area contributed by atoms with E-state index in [2.05, 4.69) is 16.6 Å². The third-order valence-electron chi connectivity index (χ3n) is 2.72. The van der Waals surface area contributed by atoms with Gasteiger partial charge in [0.25, 0.3) is 0 Å². The van der Waals surface area contributed by atoms with Gasteiger partial charge in [-0.15, -0.1) is 12.3 Å². The summed E-state index contributed by atoms with van der Waals surface area (Å²) in [7, 11) is 0. The molecule has 1 atom stereocenters. The minimum absolute atomic E-state index is 0.327. The molecule has 0 saturated carbocycles. The molecule has 20 heavy (non-hydrogen) atoms. The molecule has 0 fully saturated rings. The number of hydrogen-bond acceptors (Lipinski definition) is 2. The molecule has 0 bridgehead atoms. The number of aliphatic carboxylic acids is 1. The Balaban J connectivity index is 2.43. The molecular weight excluding hydrogens is 256 g/mol. The van der Waals surface area contributed by atoms with Crippen molar-refractivity contribution in [2.45, 2.75) is 25.3 Å². The summed E-state index contributed by atoms with van der Waals surface area (Å²) in [5.41, 5.74) is 1.04. The fraction of sp³-hybridized carbons (Fsp3) is 0.333. The standard InChI is InChI=1S/C15H18N2O3/c1-2-3-11-16-15(20)17-13(14(18)19)10-9-12-7-5-4-6-8-12/h1,4-8,13H,3,9-11H2,(H,18,19)(H2,16,17,20). The summed E-state index contributed by atoms with van der Waals surface area (Å²) in [5.74, 6) is 1.34. The highest BCUT2D eigenvalue weighted by Gasteiger charge is 2.19. The van der Waals surface area contributed by atoms with Crippen LogP contribution in [0.25, 0.3) is 0 Å². The molecule has 3 N–H and O–H groups in total. The molecule has 0 saturated heterocycles. The second-order valence-electron chi connectivity index (χ2n) is 4.27. The van der Waals surface area contributed by atoms with Crippen molar-refractivity contribution in [3.05, 3.63) is 35.9 Å². The van der Waals surface area contributed by atoms with Crippen LogP contribution in [0, 0.1) is 12.3 Å². The first kappa shape index (κ1) is 15.6. The zero-order valence-electron chi connectivity index (χ0n) is 11.1. The summed E-state index contributed by atoms with van der Waals surface area (Å²) in [4.78, 5) is 22.6. The van der Waals surface area contributed by atoms with Crippen LogP contribution in [0.3, 0.4) is 0 Å². The lowest BCUT2D eigenvalue weighted by atomic mass is 10.1. The maximum absolute atomic E-state index is 11.5. The second-order valence-corrected chi connectivity index (χ2v) is 4.27. The summed E-state index contributed by atoms with van der Waals surface area (Å²) in [6, 6.07) is 8.10. The minimum atomic E-state index is -1.05. The number of carboxylic acids is 1. The van der Waals surface area contributed by atoms with Crippen molar-refractivity contribution in [3.8, 4) is 12.3 Å². The normalized spacial score (nSPS) is 11.2. The maximum atomic E-state index is 11.5. The third kappa shape index (κ3) is 5.91. The van der Waals surface area contributed by atoms with Crippen molar-refractivity contribution in [1.82, 2.24) is 10.6 Å². The predicted molar refractivity (Wildman–Crippen MR) is 76.2 cm³/mol. The van der Waals surface area contributed by atoms with Gasteiger partial charge in [-0.2, -0.15) is 0 Å². The lowest BCUT2D eigenvalue weighted by molar-refractivity contribution is -0.139. The van der Waals surface area contributed by atoms with Gasteiger partial charge < -0.3 is 15.7 Å². The van der Waals surface area contributed by atoms with Gasteiger partial charge in [0.2, 0.25) is 0 Å². The number of hydrogen-bond donors (Lipinski definition) is 3. The van der Waals surface area contributed by atoms with E-state index < -0.39 is 18.0 Å². The number of nitrogens with one attached hydrogen (secondary N) is 2. The zero-order chi connectivity index (χ0) is 14.8. The van der Waals surface area contributed by atoms with Gasteiger partial charge in [0.15, 0.2) is 0 Å². The highest BCUT2D eigenvalue weighted by Crippen LogP contribution is 2.05. The molecule has 0 radical (unpaired) electrons. The Morgan fingerprint density at radius 1 is 1.30 bits per heavy atom. The van der Waals surface area contributed by atoms with Crippen molar-refractivity contribution in [2.75, 3.05) is 6.54 Å². The topological polar surface area (TPSA) is 78.4 Å². The fourth-order valence-corrected chi connectivity index (χ4v) is 1.67. The largest absolute Gasteiger partial charge is 0.480 e. The molecule has 1 rings (SSSR count). The molecule has 0 spiro atoms. The third-order valence-corrected chi connectivity index (χ3v) is 2.72. The fourth-order valence-electron chi connectivity index (χ4n) is 1.67. The van der Waals surface area contributed by atoms with Crippen molar-refractivity contribution >= 4 is 12.0 Å². The SMILES string of the molecule is C#CCCNC(=O)NC(CCc1ccccc1)C(=O)O. The Morgan fingerprint density at radius 3 is 2.60 bits per heavy atom. The number of terminal acetylenes is 1. The second kappa shape index (κ2) is 8.59. The van der Waals surface area contributed by atoms with Gasteiger partial charge in [0, 0.05) is 13.0 Å². The summed E-state index contributed by atoms with van der Waals surface area (Å²) >= 11 is 0. The van der Waals surface area contributed by atoms with Gasteiger partial charge in [-0.1, -0.05) is 30.3 Å². The highest BCUT2D eigenvalue weighted by atomic mass is 16.4. The van der Waals surface area contributed by atoms with E-state index in [0.29, 0.717) is 25.8 Å². The summed E-state index contributed by atoms with van der Waals surface area (Å²) in [6.07, 6.45) is 6.39. The van der Waals surface area contributed by atoms with Crippen molar-refractivity contribution in [3.63, 3.8) is 0 Å². The van der Waals surface area contributed by atoms with Gasteiger partial charge in [-0.3, -0.25) is 0 Å². The van der Waals surface area contributed by atoms with Gasteiger partial charge in [-0.25, -0.2) is 9.59 Å². The molecule has 1 aromatic rings. The van der Waals surface area contributed by atoms with Crippen LogP contribution in [0.15, 0.2) is 30.3 Å². The monoisotopic (exact) mass is 274 g/mol. The Hall–Kier alpha value is -2.48. The molecular formula is C15H18N2O3. The van der Waals surface area contributed by atoms with Gasteiger partial charge in [0.05, 0.1) is 0 Å². The number of amides is 2. The first-order chi connectivity index (χ1) is 9.63. The molecule has 0 aliphatic heterocycles. The lowest BCUT2D eigenvalue weighted by Gasteiger charge is -2.14. The number of aryl methyl sites for hydroxylation is 1. The van der Waals surface area contributed by atoms with Crippen molar-refractivity contribution in [2.24, 2.45) is 0 Å². The quantitative estimate of drug-likeness (QED) is 0.519. The van der Waals surface area contributed by atoms with Crippen LogP contribution in [-0.4, -0.2) is 29.7 Å². The summed E-state index contributed by atoms with van der Waals surface area (Å²) < 4.78 is 0. The van der Waals surface area contributed by atoms with E-state index in [1.165, 1.54) is 0 Å². The number of carboxylic acid groups (broad SMARTS) is 1. The Labute approximate surface area is 118 Å². The van der Waals surface area contributed by atoms with E-state index in [4.69, 9.17) is 11.5 Å². The molecule has 1 aromatic carbocycles. The molecule has 0 aliphatic rings. The lowest BCUT2D eigenvalue weighted by Crippen LogP contribution is -2.46. The van der Waals surface area contributed by atoms with Crippen LogP contribution < -0.4 is 10.6 Å². The van der Waals surface area contributed by atoms with Crippen LogP contribution in [0.5, 0.6) is 0 Å². The van der Waals surface area contributed by atoms with E-state index in [0.717, 1.165) is 5.56 Å². The Kier molecular flexibility index (Phi) is 6.69. The number of benzene rings is 1. The van der Waals surface area contributed by atoms with Gasteiger partial charge in [-0.05, 0) is 18.4 Å². The van der Waals surface area contributed by atoms with Crippen LogP contribution in [0.4, 0.5) is 4.79 Å². The Bertz CT molecular complexity index is 480. The smallest absolute Gasteiger partial charge is 0.326 e. The number of carbonyl (C=O) groups is 2. The molecule has 5 heteroatoms. The van der Waals surface area contributed by atoms with Crippen LogP contribution >= 0.6 is 0 Å². The number of urea groups is 1. The van der Waals surface area contributed by atoms with Gasteiger partial charge in [0.1, 0.15) is 6.04 Å². The van der Waals surface area contributed by atoms with E-state index >= 15 is 0 Å². The Morgan fingerprint density at radius 2 is 2.00 bits per heavy atom. The predicted octanol–water partition coefficient (Wildman–Crippen LogP) is 1.39. The molecule has 0 heterocycles. The molecule has 5 nitrogen and oxygen atoms in total. The van der Waals surface area contributed by atoms with Crippen LogP contribution in [-0.2, 0) is 11.2 Å². The molecule has 2 amide bonds. The van der Waals surface area contributed by atoms with Crippen molar-refractivity contribution in [1.29, 1.82) is 0 Å².